The number of nitrogens with one attached hydrogen (secondary N) is 3. The van der Waals surface area contributed by atoms with Crippen LogP contribution in [-0.4, -0.2) is 37.5 Å². The summed E-state index contributed by atoms with van der Waals surface area (Å²) in [5.41, 5.74) is 0. The van der Waals surface area contributed by atoms with E-state index in [1.165, 1.54) is 0 Å². The number of carbonyl (C=O) groups excluding carboxylic acids is 2. The summed E-state index contributed by atoms with van der Waals surface area (Å²) in [7, 11) is 0. The molecule has 5 nitrogen and oxygen atoms in total. The van der Waals surface area contributed by atoms with Crippen molar-refractivity contribution in [3.05, 3.63) is 0 Å². The Bertz CT molecular complexity index is 280. The smallest absolute Gasteiger partial charge is 0.225 e. The van der Waals surface area contributed by atoms with Crippen molar-refractivity contribution in [1.82, 2.24) is 16.0 Å². The predicted molar refractivity (Wildman–Crippen MR) is 55.1 cm³/mol. The lowest BCUT2D eigenvalue weighted by Gasteiger charge is -2.17. The first-order valence-corrected chi connectivity index (χ1v) is 5.44. The Morgan fingerprint density at radius 2 is 2.20 bits per heavy atom. The highest BCUT2D eigenvalue weighted by Crippen LogP contribution is 2.16. The second kappa shape index (κ2) is 4.18. The van der Waals surface area contributed by atoms with Gasteiger partial charge in [-0.25, -0.2) is 0 Å². The van der Waals surface area contributed by atoms with Crippen molar-refractivity contribution in [3.63, 3.8) is 0 Å². The van der Waals surface area contributed by atoms with Gasteiger partial charge in [0.05, 0.1) is 12.0 Å². The van der Waals surface area contributed by atoms with Gasteiger partial charge in [0.15, 0.2) is 0 Å². The van der Waals surface area contributed by atoms with Crippen molar-refractivity contribution in [2.75, 3.05) is 19.6 Å². The zero-order chi connectivity index (χ0) is 10.8. The van der Waals surface area contributed by atoms with Gasteiger partial charge in [0.25, 0.3) is 0 Å². The van der Waals surface area contributed by atoms with Gasteiger partial charge in [-0.1, -0.05) is 6.92 Å². The minimum Gasteiger partial charge on any atom is -0.354 e. The van der Waals surface area contributed by atoms with E-state index in [0.717, 1.165) is 13.1 Å². The quantitative estimate of drug-likeness (QED) is 0.540. The molecule has 5 heteroatoms. The molecule has 2 amide bonds. The topological polar surface area (TPSA) is 70.2 Å². The van der Waals surface area contributed by atoms with Crippen LogP contribution in [0.4, 0.5) is 0 Å². The zero-order valence-electron chi connectivity index (χ0n) is 8.88. The van der Waals surface area contributed by atoms with Crippen LogP contribution in [0.25, 0.3) is 0 Å². The third kappa shape index (κ3) is 2.28. The molecule has 3 N–H and O–H groups in total. The fourth-order valence-corrected chi connectivity index (χ4v) is 2.18. The molecular weight excluding hydrogens is 194 g/mol. The zero-order valence-corrected chi connectivity index (χ0v) is 8.88. The van der Waals surface area contributed by atoms with Crippen LogP contribution in [0.15, 0.2) is 0 Å². The van der Waals surface area contributed by atoms with Crippen molar-refractivity contribution >= 4 is 11.8 Å². The van der Waals surface area contributed by atoms with E-state index in [1.54, 1.807) is 0 Å². The lowest BCUT2D eigenvalue weighted by molar-refractivity contribution is -0.126. The van der Waals surface area contributed by atoms with Crippen LogP contribution < -0.4 is 16.0 Å². The van der Waals surface area contributed by atoms with Gasteiger partial charge in [0, 0.05) is 19.5 Å². The van der Waals surface area contributed by atoms with E-state index in [0.29, 0.717) is 18.9 Å². The fourth-order valence-electron chi connectivity index (χ4n) is 2.18. The largest absolute Gasteiger partial charge is 0.354 e. The standard InChI is InChI=1S/C10H17N3O2/c1-6-3-11-5-8(6)10(15)13-7-2-9(14)12-4-7/h6-8,11H,2-5H2,1H3,(H,12,14)(H,13,15). The van der Waals surface area contributed by atoms with E-state index < -0.39 is 0 Å². The second-order valence-corrected chi connectivity index (χ2v) is 4.46. The molecule has 2 heterocycles. The van der Waals surface area contributed by atoms with E-state index in [4.69, 9.17) is 0 Å². The summed E-state index contributed by atoms with van der Waals surface area (Å²) in [6.07, 6.45) is 0.417. The average Bonchev–Trinajstić information content (AvgIpc) is 2.75. The summed E-state index contributed by atoms with van der Waals surface area (Å²) in [5.74, 6) is 0.544. The molecule has 2 saturated heterocycles. The van der Waals surface area contributed by atoms with E-state index in [-0.39, 0.29) is 23.8 Å². The number of hydrogen-bond acceptors (Lipinski definition) is 3. The Kier molecular flexibility index (Phi) is 2.90. The summed E-state index contributed by atoms with van der Waals surface area (Å²) in [6, 6.07) is -0.0159. The molecule has 3 unspecified atom stereocenters. The van der Waals surface area contributed by atoms with Crippen molar-refractivity contribution < 1.29 is 9.59 Å². The van der Waals surface area contributed by atoms with Crippen LogP contribution in [0.2, 0.25) is 0 Å². The van der Waals surface area contributed by atoms with Gasteiger partial charge in [-0.3, -0.25) is 9.59 Å². The minimum atomic E-state index is -0.0159. The monoisotopic (exact) mass is 211 g/mol. The number of hydrogen-bond donors (Lipinski definition) is 3. The third-order valence-electron chi connectivity index (χ3n) is 3.18. The molecular formula is C10H17N3O2. The normalized spacial score (nSPS) is 35.3. The van der Waals surface area contributed by atoms with Crippen molar-refractivity contribution in [2.24, 2.45) is 11.8 Å². The molecule has 0 bridgehead atoms. The maximum absolute atomic E-state index is 11.8. The molecule has 0 aromatic carbocycles. The van der Waals surface area contributed by atoms with Crippen LogP contribution in [0, 0.1) is 11.8 Å². The summed E-state index contributed by atoms with van der Waals surface area (Å²) >= 11 is 0. The molecule has 0 saturated carbocycles. The average molecular weight is 211 g/mol. The molecule has 84 valence electrons. The molecule has 2 rings (SSSR count). The summed E-state index contributed by atoms with van der Waals surface area (Å²) in [5, 5.41) is 8.82. The van der Waals surface area contributed by atoms with E-state index in [2.05, 4.69) is 22.9 Å². The number of carbonyl (C=O) groups is 2. The number of rotatable bonds is 2. The summed E-state index contributed by atoms with van der Waals surface area (Å²) < 4.78 is 0. The molecule has 0 spiro atoms. The minimum absolute atomic E-state index is 0.0159. The predicted octanol–water partition coefficient (Wildman–Crippen LogP) is -1.15. The lowest BCUT2D eigenvalue weighted by Crippen LogP contribution is -2.42. The highest BCUT2D eigenvalue weighted by Gasteiger charge is 2.32. The first-order chi connectivity index (χ1) is 7.16. The van der Waals surface area contributed by atoms with Gasteiger partial charge in [-0.15, -0.1) is 0 Å². The maximum Gasteiger partial charge on any atom is 0.225 e. The molecule has 0 aromatic heterocycles. The first kappa shape index (κ1) is 10.4. The van der Waals surface area contributed by atoms with Crippen molar-refractivity contribution in [2.45, 2.75) is 19.4 Å². The Labute approximate surface area is 89.0 Å². The third-order valence-corrected chi connectivity index (χ3v) is 3.18. The maximum atomic E-state index is 11.8. The Morgan fingerprint density at radius 3 is 2.73 bits per heavy atom. The SMILES string of the molecule is CC1CNCC1C(=O)NC1CNC(=O)C1. The second-order valence-electron chi connectivity index (χ2n) is 4.46. The molecule has 3 atom stereocenters. The highest BCUT2D eigenvalue weighted by atomic mass is 16.2. The van der Waals surface area contributed by atoms with Gasteiger partial charge in [-0.2, -0.15) is 0 Å². The van der Waals surface area contributed by atoms with Crippen molar-refractivity contribution in [1.29, 1.82) is 0 Å². The van der Waals surface area contributed by atoms with Crippen LogP contribution in [0.3, 0.4) is 0 Å². The number of amides is 2. The highest BCUT2D eigenvalue weighted by molar-refractivity contribution is 5.83. The molecule has 2 fully saturated rings. The van der Waals surface area contributed by atoms with Crippen molar-refractivity contribution in [3.8, 4) is 0 Å². The van der Waals surface area contributed by atoms with Crippen LogP contribution in [0.1, 0.15) is 13.3 Å². The van der Waals surface area contributed by atoms with E-state index in [1.807, 2.05) is 0 Å². The van der Waals surface area contributed by atoms with Crippen LogP contribution >= 0.6 is 0 Å². The fraction of sp³-hybridized carbons (Fsp3) is 0.800. The van der Waals surface area contributed by atoms with E-state index in [9.17, 15) is 9.59 Å². The first-order valence-electron chi connectivity index (χ1n) is 5.44. The summed E-state index contributed by atoms with van der Waals surface area (Å²) in [4.78, 5) is 22.8. The van der Waals surface area contributed by atoms with Gasteiger partial charge < -0.3 is 16.0 Å². The molecule has 2 aliphatic heterocycles. The van der Waals surface area contributed by atoms with Gasteiger partial charge in [0.2, 0.25) is 11.8 Å². The lowest BCUT2D eigenvalue weighted by atomic mass is 9.97. The van der Waals surface area contributed by atoms with Crippen LogP contribution in [0.5, 0.6) is 0 Å². The molecule has 0 aliphatic carbocycles. The molecule has 15 heavy (non-hydrogen) atoms. The van der Waals surface area contributed by atoms with E-state index >= 15 is 0 Å². The van der Waals surface area contributed by atoms with Gasteiger partial charge >= 0.3 is 0 Å². The summed E-state index contributed by atoms with van der Waals surface area (Å²) in [6.45, 7) is 4.29. The van der Waals surface area contributed by atoms with Crippen LogP contribution in [-0.2, 0) is 9.59 Å². The Balaban J connectivity index is 1.84. The van der Waals surface area contributed by atoms with Gasteiger partial charge in [-0.05, 0) is 12.5 Å². The van der Waals surface area contributed by atoms with Gasteiger partial charge in [0.1, 0.15) is 0 Å². The Morgan fingerprint density at radius 1 is 1.40 bits per heavy atom. The molecule has 0 aromatic rings. The molecule has 0 radical (unpaired) electrons. The Hall–Kier alpha value is -1.10. The molecule has 2 aliphatic rings.